The predicted octanol–water partition coefficient (Wildman–Crippen LogP) is 1.81. The van der Waals surface area contributed by atoms with E-state index in [-0.39, 0.29) is 29.6 Å². The van der Waals surface area contributed by atoms with Gasteiger partial charge in [-0.3, -0.25) is 0 Å². The van der Waals surface area contributed by atoms with Gasteiger partial charge in [0.15, 0.2) is 0 Å². The maximum atomic E-state index is 8.63. The van der Waals surface area contributed by atoms with Crippen molar-refractivity contribution in [3.63, 3.8) is 0 Å². The van der Waals surface area contributed by atoms with Crippen molar-refractivity contribution in [3.8, 4) is 5.75 Å². The number of aromatic hydroxyl groups is 1. The maximum Gasteiger partial charge on any atom is 0.115 e. The largest absolute Gasteiger partial charge is 0.508 e. The van der Waals surface area contributed by atoms with Gasteiger partial charge < -0.3 is 9.84 Å². The molecule has 0 atom stereocenters. The van der Waals surface area contributed by atoms with E-state index in [1.807, 2.05) is 6.07 Å². The van der Waals surface area contributed by atoms with Crippen LogP contribution in [0.2, 0.25) is 0 Å². The van der Waals surface area contributed by atoms with Crippen LogP contribution in [0.4, 0.5) is 0 Å². The summed E-state index contributed by atoms with van der Waals surface area (Å²) in [5.41, 5.74) is 0. The SMILES string of the molecule is C1CCOC1.Oc1ccccc1.[Na]. The maximum absolute atomic E-state index is 8.63. The Labute approximate surface area is 101 Å². The van der Waals surface area contributed by atoms with Crippen LogP contribution in [0.3, 0.4) is 0 Å². The second kappa shape index (κ2) is 8.57. The third kappa shape index (κ3) is 7.08. The molecule has 1 aromatic carbocycles. The van der Waals surface area contributed by atoms with E-state index in [1.165, 1.54) is 12.8 Å². The Hall–Kier alpha value is -0.0200. The van der Waals surface area contributed by atoms with Gasteiger partial charge in [0.2, 0.25) is 0 Å². The molecule has 0 saturated carbocycles. The molecule has 0 aliphatic carbocycles. The Kier molecular flexibility index (Phi) is 8.56. The summed E-state index contributed by atoms with van der Waals surface area (Å²) >= 11 is 0. The van der Waals surface area contributed by atoms with E-state index in [0.29, 0.717) is 5.75 Å². The molecular formula is C10H14NaO2. The quantitative estimate of drug-likeness (QED) is 0.631. The average Bonchev–Trinajstić information content (AvgIpc) is 2.62. The monoisotopic (exact) mass is 189 g/mol. The third-order valence-electron chi connectivity index (χ3n) is 1.58. The molecule has 1 fully saturated rings. The molecular weight excluding hydrogens is 175 g/mol. The number of para-hydroxylation sites is 1. The van der Waals surface area contributed by atoms with E-state index in [0.717, 1.165) is 13.2 Å². The summed E-state index contributed by atoms with van der Waals surface area (Å²) in [5.74, 6) is 0.322. The number of ether oxygens (including phenoxy) is 1. The van der Waals surface area contributed by atoms with Crippen molar-refractivity contribution in [1.82, 2.24) is 0 Å². The Morgan fingerprint density at radius 3 is 1.77 bits per heavy atom. The molecule has 3 heteroatoms. The standard InChI is InChI=1S/C6H6O.C4H8O.Na/c7-6-4-2-1-3-5-6;1-2-4-5-3-1;/h1-5,7H;1-4H2;. The van der Waals surface area contributed by atoms with Crippen LogP contribution >= 0.6 is 0 Å². The summed E-state index contributed by atoms with van der Waals surface area (Å²) in [7, 11) is 0. The summed E-state index contributed by atoms with van der Waals surface area (Å²) in [5, 5.41) is 8.63. The summed E-state index contributed by atoms with van der Waals surface area (Å²) in [6, 6.07) is 8.71. The molecule has 1 aliphatic heterocycles. The first-order valence-corrected chi connectivity index (χ1v) is 4.21. The Morgan fingerprint density at radius 2 is 1.54 bits per heavy atom. The molecule has 1 heterocycles. The van der Waals surface area contributed by atoms with Crippen molar-refractivity contribution in [2.24, 2.45) is 0 Å². The molecule has 2 nitrogen and oxygen atoms in total. The van der Waals surface area contributed by atoms with Crippen molar-refractivity contribution in [2.75, 3.05) is 13.2 Å². The summed E-state index contributed by atoms with van der Waals surface area (Å²) < 4.78 is 4.94. The minimum atomic E-state index is 0. The summed E-state index contributed by atoms with van der Waals surface area (Å²) in [6.07, 6.45) is 2.56. The van der Waals surface area contributed by atoms with Crippen LogP contribution in [-0.2, 0) is 4.74 Å². The van der Waals surface area contributed by atoms with Gasteiger partial charge in [-0.25, -0.2) is 0 Å². The van der Waals surface area contributed by atoms with Crippen molar-refractivity contribution >= 4 is 29.6 Å². The smallest absolute Gasteiger partial charge is 0.115 e. The number of benzene rings is 1. The van der Waals surface area contributed by atoms with Crippen molar-refractivity contribution in [1.29, 1.82) is 0 Å². The minimum Gasteiger partial charge on any atom is -0.508 e. The molecule has 0 bridgehead atoms. The van der Waals surface area contributed by atoms with Crippen LogP contribution in [0.25, 0.3) is 0 Å². The Balaban J connectivity index is 0.000000215. The van der Waals surface area contributed by atoms with Crippen LogP contribution in [0.15, 0.2) is 30.3 Å². The second-order valence-electron chi connectivity index (χ2n) is 2.66. The molecule has 0 amide bonds. The molecule has 1 aromatic rings. The molecule has 13 heavy (non-hydrogen) atoms. The second-order valence-corrected chi connectivity index (χ2v) is 2.66. The van der Waals surface area contributed by atoms with Crippen LogP contribution in [-0.4, -0.2) is 47.9 Å². The molecule has 2 rings (SSSR count). The normalized spacial score (nSPS) is 13.8. The molecule has 0 unspecified atom stereocenters. The third-order valence-corrected chi connectivity index (χ3v) is 1.58. The van der Waals surface area contributed by atoms with E-state index < -0.39 is 0 Å². The molecule has 67 valence electrons. The topological polar surface area (TPSA) is 29.5 Å². The molecule has 0 aromatic heterocycles. The van der Waals surface area contributed by atoms with Crippen LogP contribution < -0.4 is 0 Å². The first-order valence-electron chi connectivity index (χ1n) is 4.21. The van der Waals surface area contributed by atoms with E-state index in [2.05, 4.69) is 0 Å². The van der Waals surface area contributed by atoms with Gasteiger partial charge in [0.25, 0.3) is 0 Å². The fourth-order valence-corrected chi connectivity index (χ4v) is 0.938. The van der Waals surface area contributed by atoms with E-state index in [1.54, 1.807) is 24.3 Å². The predicted molar refractivity (Wildman–Crippen MR) is 53.9 cm³/mol. The summed E-state index contributed by atoms with van der Waals surface area (Å²) in [6.45, 7) is 2.00. The van der Waals surface area contributed by atoms with Crippen molar-refractivity contribution in [3.05, 3.63) is 30.3 Å². The van der Waals surface area contributed by atoms with Crippen LogP contribution in [0, 0.1) is 0 Å². The average molecular weight is 189 g/mol. The van der Waals surface area contributed by atoms with Crippen molar-refractivity contribution < 1.29 is 9.84 Å². The zero-order valence-electron chi connectivity index (χ0n) is 8.07. The van der Waals surface area contributed by atoms with E-state index in [4.69, 9.17) is 9.84 Å². The first-order chi connectivity index (χ1) is 5.89. The molecule has 1 N–H and O–H groups in total. The zero-order chi connectivity index (χ0) is 8.65. The number of phenols is 1. The van der Waals surface area contributed by atoms with Gasteiger partial charge >= 0.3 is 0 Å². The number of rotatable bonds is 0. The first kappa shape index (κ1) is 13.0. The fraction of sp³-hybridized carbons (Fsp3) is 0.400. The van der Waals surface area contributed by atoms with Gasteiger partial charge in [0.05, 0.1) is 0 Å². The van der Waals surface area contributed by atoms with Crippen LogP contribution in [0.1, 0.15) is 12.8 Å². The minimum absolute atomic E-state index is 0. The van der Waals surface area contributed by atoms with Crippen molar-refractivity contribution in [2.45, 2.75) is 12.8 Å². The van der Waals surface area contributed by atoms with Gasteiger partial charge in [-0.1, -0.05) is 18.2 Å². The van der Waals surface area contributed by atoms with E-state index >= 15 is 0 Å². The van der Waals surface area contributed by atoms with Gasteiger partial charge in [-0.15, -0.1) is 0 Å². The van der Waals surface area contributed by atoms with E-state index in [9.17, 15) is 0 Å². The van der Waals surface area contributed by atoms with Gasteiger partial charge in [0.1, 0.15) is 5.75 Å². The zero-order valence-corrected chi connectivity index (χ0v) is 10.1. The number of hydrogen-bond donors (Lipinski definition) is 1. The number of phenolic OH excluding ortho intramolecular Hbond substituents is 1. The molecule has 1 saturated heterocycles. The molecule has 1 radical (unpaired) electrons. The molecule has 1 aliphatic rings. The fourth-order valence-electron chi connectivity index (χ4n) is 0.938. The van der Waals surface area contributed by atoms with Gasteiger partial charge in [0, 0.05) is 42.8 Å². The Bertz CT molecular complexity index is 190. The molecule has 0 spiro atoms. The van der Waals surface area contributed by atoms with Gasteiger partial charge in [-0.2, -0.15) is 0 Å². The van der Waals surface area contributed by atoms with Gasteiger partial charge in [-0.05, 0) is 25.0 Å². The summed E-state index contributed by atoms with van der Waals surface area (Å²) in [4.78, 5) is 0. The Morgan fingerprint density at radius 1 is 1.00 bits per heavy atom. The van der Waals surface area contributed by atoms with Crippen LogP contribution in [0.5, 0.6) is 5.75 Å². The number of hydrogen-bond acceptors (Lipinski definition) is 2.